The lowest BCUT2D eigenvalue weighted by Crippen LogP contribution is -2.34. The molecule has 0 bridgehead atoms. The van der Waals surface area contributed by atoms with Gasteiger partial charge in [-0.1, -0.05) is 23.7 Å². The molecule has 17 heavy (non-hydrogen) atoms. The van der Waals surface area contributed by atoms with Gasteiger partial charge in [-0.05, 0) is 63.0 Å². The Morgan fingerprint density at radius 2 is 2.18 bits per heavy atom. The van der Waals surface area contributed by atoms with Gasteiger partial charge < -0.3 is 10.6 Å². The summed E-state index contributed by atoms with van der Waals surface area (Å²) in [6.07, 6.45) is 2.57. The lowest BCUT2D eigenvalue weighted by molar-refractivity contribution is 0.345. The van der Waals surface area contributed by atoms with Crippen LogP contribution in [0.15, 0.2) is 24.3 Å². The maximum absolute atomic E-state index is 6.00. The first-order valence-electron chi connectivity index (χ1n) is 6.45. The van der Waals surface area contributed by atoms with E-state index in [-0.39, 0.29) is 0 Å². The molecular formula is C14H21ClN2. The van der Waals surface area contributed by atoms with Crippen molar-refractivity contribution in [2.24, 2.45) is 5.92 Å². The summed E-state index contributed by atoms with van der Waals surface area (Å²) in [5, 5.41) is 7.82. The minimum Gasteiger partial charge on any atom is -0.317 e. The van der Waals surface area contributed by atoms with Gasteiger partial charge >= 0.3 is 0 Å². The summed E-state index contributed by atoms with van der Waals surface area (Å²) >= 11 is 6.00. The molecule has 1 aliphatic rings. The van der Waals surface area contributed by atoms with Crippen LogP contribution in [0.2, 0.25) is 5.02 Å². The molecule has 0 unspecified atom stereocenters. The number of rotatable bonds is 4. The quantitative estimate of drug-likeness (QED) is 0.861. The number of benzene rings is 1. The van der Waals surface area contributed by atoms with Crippen molar-refractivity contribution in [1.29, 1.82) is 0 Å². The Kier molecular flexibility index (Phi) is 4.84. The molecule has 0 saturated carbocycles. The number of hydrogen-bond acceptors (Lipinski definition) is 2. The third-order valence-corrected chi connectivity index (χ3v) is 3.76. The lowest BCUT2D eigenvalue weighted by Gasteiger charge is -2.25. The van der Waals surface area contributed by atoms with Crippen LogP contribution in [0.4, 0.5) is 0 Å². The number of piperidine rings is 1. The zero-order valence-electron chi connectivity index (χ0n) is 10.4. The van der Waals surface area contributed by atoms with Crippen molar-refractivity contribution in [2.75, 3.05) is 19.6 Å². The van der Waals surface area contributed by atoms with Gasteiger partial charge in [0.15, 0.2) is 0 Å². The van der Waals surface area contributed by atoms with Crippen LogP contribution in [0.5, 0.6) is 0 Å². The van der Waals surface area contributed by atoms with Crippen LogP contribution in [0.1, 0.15) is 31.4 Å². The minimum atomic E-state index is 0.378. The van der Waals surface area contributed by atoms with E-state index in [1.165, 1.54) is 18.4 Å². The standard InChI is InChI=1S/C14H21ClN2/c1-11(13-3-2-4-14(15)9-13)17-10-12-5-7-16-8-6-12/h2-4,9,11-12,16-17H,5-8,10H2,1H3/t11-/m1/s1. The first-order chi connectivity index (χ1) is 8.25. The molecule has 3 heteroatoms. The van der Waals surface area contributed by atoms with Crippen LogP contribution >= 0.6 is 11.6 Å². The van der Waals surface area contributed by atoms with Crippen molar-refractivity contribution in [3.05, 3.63) is 34.9 Å². The van der Waals surface area contributed by atoms with Crippen LogP contribution in [0.25, 0.3) is 0 Å². The Labute approximate surface area is 109 Å². The van der Waals surface area contributed by atoms with Crippen molar-refractivity contribution in [3.8, 4) is 0 Å². The van der Waals surface area contributed by atoms with Gasteiger partial charge in [-0.15, -0.1) is 0 Å². The van der Waals surface area contributed by atoms with Crippen molar-refractivity contribution >= 4 is 11.6 Å². The van der Waals surface area contributed by atoms with E-state index in [1.54, 1.807) is 0 Å². The summed E-state index contributed by atoms with van der Waals surface area (Å²) in [5.41, 5.74) is 1.27. The molecule has 1 aliphatic heterocycles. The topological polar surface area (TPSA) is 24.1 Å². The third-order valence-electron chi connectivity index (χ3n) is 3.52. The summed E-state index contributed by atoms with van der Waals surface area (Å²) in [5.74, 6) is 0.817. The average Bonchev–Trinajstić information content (AvgIpc) is 2.37. The van der Waals surface area contributed by atoms with Gasteiger partial charge in [0, 0.05) is 11.1 Å². The Morgan fingerprint density at radius 1 is 1.41 bits per heavy atom. The summed E-state index contributed by atoms with van der Waals surface area (Å²) < 4.78 is 0. The maximum atomic E-state index is 6.00. The van der Waals surface area contributed by atoms with Gasteiger partial charge in [0.1, 0.15) is 0 Å². The van der Waals surface area contributed by atoms with Crippen LogP contribution < -0.4 is 10.6 Å². The molecule has 0 amide bonds. The fourth-order valence-corrected chi connectivity index (χ4v) is 2.52. The van der Waals surface area contributed by atoms with Gasteiger partial charge in [-0.3, -0.25) is 0 Å². The molecule has 2 nitrogen and oxygen atoms in total. The normalized spacial score (nSPS) is 19.2. The lowest BCUT2D eigenvalue weighted by atomic mass is 9.97. The molecule has 1 saturated heterocycles. The summed E-state index contributed by atoms with van der Waals surface area (Å²) in [6.45, 7) is 5.64. The number of halogens is 1. The van der Waals surface area contributed by atoms with Gasteiger partial charge in [-0.2, -0.15) is 0 Å². The van der Waals surface area contributed by atoms with E-state index in [4.69, 9.17) is 11.6 Å². The minimum absolute atomic E-state index is 0.378. The molecule has 1 atom stereocenters. The first kappa shape index (κ1) is 12.9. The molecule has 0 aliphatic carbocycles. The molecule has 2 N–H and O–H groups in total. The highest BCUT2D eigenvalue weighted by atomic mass is 35.5. The molecular weight excluding hydrogens is 232 g/mol. The molecule has 1 fully saturated rings. The fourth-order valence-electron chi connectivity index (χ4n) is 2.32. The van der Waals surface area contributed by atoms with Gasteiger partial charge in [0.05, 0.1) is 0 Å². The largest absolute Gasteiger partial charge is 0.317 e. The second kappa shape index (κ2) is 6.39. The third kappa shape index (κ3) is 3.98. The maximum Gasteiger partial charge on any atom is 0.0409 e. The van der Waals surface area contributed by atoms with Gasteiger partial charge in [0.2, 0.25) is 0 Å². The summed E-state index contributed by atoms with van der Waals surface area (Å²) in [7, 11) is 0. The highest BCUT2D eigenvalue weighted by Gasteiger charge is 2.14. The van der Waals surface area contributed by atoms with E-state index < -0.39 is 0 Å². The van der Waals surface area contributed by atoms with E-state index in [1.807, 2.05) is 18.2 Å². The van der Waals surface area contributed by atoms with Crippen molar-refractivity contribution < 1.29 is 0 Å². The number of nitrogens with one attached hydrogen (secondary N) is 2. The Balaban J connectivity index is 1.82. The number of hydrogen-bond donors (Lipinski definition) is 2. The second-order valence-electron chi connectivity index (χ2n) is 4.88. The van der Waals surface area contributed by atoms with Crippen LogP contribution in [-0.4, -0.2) is 19.6 Å². The fraction of sp³-hybridized carbons (Fsp3) is 0.571. The monoisotopic (exact) mass is 252 g/mol. The summed E-state index contributed by atoms with van der Waals surface area (Å²) in [6, 6.07) is 8.49. The second-order valence-corrected chi connectivity index (χ2v) is 5.31. The van der Waals surface area contributed by atoms with E-state index in [0.29, 0.717) is 6.04 Å². The molecule has 94 valence electrons. The Hall–Kier alpha value is -0.570. The molecule has 2 rings (SSSR count). The van der Waals surface area contributed by atoms with Crippen molar-refractivity contribution in [3.63, 3.8) is 0 Å². The molecule has 1 heterocycles. The Bertz CT molecular complexity index is 348. The molecule has 1 aromatic rings. The molecule has 0 radical (unpaired) electrons. The van der Waals surface area contributed by atoms with Gasteiger partial charge in [0.25, 0.3) is 0 Å². The smallest absolute Gasteiger partial charge is 0.0409 e. The molecule has 0 aromatic heterocycles. The zero-order chi connectivity index (χ0) is 12.1. The molecule has 1 aromatic carbocycles. The van der Waals surface area contributed by atoms with Crippen molar-refractivity contribution in [2.45, 2.75) is 25.8 Å². The predicted molar refractivity (Wildman–Crippen MR) is 73.5 cm³/mol. The summed E-state index contributed by atoms with van der Waals surface area (Å²) in [4.78, 5) is 0. The highest BCUT2D eigenvalue weighted by molar-refractivity contribution is 6.30. The first-order valence-corrected chi connectivity index (χ1v) is 6.83. The van der Waals surface area contributed by atoms with Crippen LogP contribution in [0, 0.1) is 5.92 Å². The molecule has 0 spiro atoms. The predicted octanol–water partition coefficient (Wildman–Crippen LogP) is 2.99. The average molecular weight is 253 g/mol. The van der Waals surface area contributed by atoms with E-state index >= 15 is 0 Å². The van der Waals surface area contributed by atoms with Crippen LogP contribution in [0.3, 0.4) is 0 Å². The van der Waals surface area contributed by atoms with Gasteiger partial charge in [-0.25, -0.2) is 0 Å². The van der Waals surface area contributed by atoms with Crippen molar-refractivity contribution in [1.82, 2.24) is 10.6 Å². The van der Waals surface area contributed by atoms with E-state index in [0.717, 1.165) is 30.6 Å². The highest BCUT2D eigenvalue weighted by Crippen LogP contribution is 2.18. The SMILES string of the molecule is C[C@@H](NCC1CCNCC1)c1cccc(Cl)c1. The van der Waals surface area contributed by atoms with E-state index in [9.17, 15) is 0 Å². The zero-order valence-corrected chi connectivity index (χ0v) is 11.1. The Morgan fingerprint density at radius 3 is 2.88 bits per heavy atom. The van der Waals surface area contributed by atoms with Crippen LogP contribution in [-0.2, 0) is 0 Å². The van der Waals surface area contributed by atoms with E-state index in [2.05, 4.69) is 23.6 Å².